The van der Waals surface area contributed by atoms with Gasteiger partial charge in [-0.25, -0.2) is 0 Å². The van der Waals surface area contributed by atoms with Crippen molar-refractivity contribution in [3.8, 4) is 6.07 Å². The van der Waals surface area contributed by atoms with Gasteiger partial charge in [-0.05, 0) is 18.2 Å². The first-order chi connectivity index (χ1) is 8.17. The molecule has 0 unspecified atom stereocenters. The molecule has 0 saturated carbocycles. The lowest BCUT2D eigenvalue weighted by Gasteiger charge is -2.07. The Hall–Kier alpha value is -1.64. The van der Waals surface area contributed by atoms with Gasteiger partial charge in [-0.15, -0.1) is 6.58 Å². The summed E-state index contributed by atoms with van der Waals surface area (Å²) in [6.45, 7) is 4.29. The summed E-state index contributed by atoms with van der Waals surface area (Å²) in [5.74, 6) is -0.193. The van der Waals surface area contributed by atoms with E-state index in [-0.39, 0.29) is 12.5 Å². The van der Waals surface area contributed by atoms with E-state index >= 15 is 0 Å². The summed E-state index contributed by atoms with van der Waals surface area (Å²) in [5.41, 5.74) is 0.942. The minimum Gasteiger partial charge on any atom is -0.324 e. The van der Waals surface area contributed by atoms with Crippen LogP contribution in [0.2, 0.25) is 0 Å². The topological polar surface area (TPSA) is 64.9 Å². The van der Waals surface area contributed by atoms with E-state index in [9.17, 15) is 4.79 Å². The monoisotopic (exact) mass is 293 g/mol. The number of hydrogen-bond acceptors (Lipinski definition) is 3. The molecule has 0 atom stereocenters. The van der Waals surface area contributed by atoms with Crippen molar-refractivity contribution in [2.24, 2.45) is 0 Å². The SMILES string of the molecule is C=CCNCC(=O)Nc1cc(Br)ccc1C#N. The number of benzene rings is 1. The van der Waals surface area contributed by atoms with Crippen LogP contribution in [0, 0.1) is 11.3 Å². The first-order valence-electron chi connectivity index (χ1n) is 4.98. The van der Waals surface area contributed by atoms with Crippen molar-refractivity contribution in [2.45, 2.75) is 0 Å². The van der Waals surface area contributed by atoms with Crippen molar-refractivity contribution < 1.29 is 4.79 Å². The molecule has 0 fully saturated rings. The number of carbonyl (C=O) groups excluding carboxylic acids is 1. The Kier molecular flexibility index (Phi) is 5.40. The van der Waals surface area contributed by atoms with E-state index in [0.29, 0.717) is 17.8 Å². The van der Waals surface area contributed by atoms with Crippen LogP contribution in [0.5, 0.6) is 0 Å². The molecule has 0 radical (unpaired) electrons. The first-order valence-corrected chi connectivity index (χ1v) is 5.77. The summed E-state index contributed by atoms with van der Waals surface area (Å²) in [4.78, 5) is 11.5. The van der Waals surface area contributed by atoms with E-state index in [1.807, 2.05) is 6.07 Å². The van der Waals surface area contributed by atoms with Gasteiger partial charge in [-0.1, -0.05) is 22.0 Å². The minimum atomic E-state index is -0.193. The van der Waals surface area contributed by atoms with Gasteiger partial charge in [0.25, 0.3) is 0 Å². The third-order valence-corrected chi connectivity index (χ3v) is 2.44. The average Bonchev–Trinajstić information content (AvgIpc) is 2.29. The first kappa shape index (κ1) is 13.4. The number of carbonyl (C=O) groups is 1. The van der Waals surface area contributed by atoms with E-state index in [1.165, 1.54) is 0 Å². The van der Waals surface area contributed by atoms with Gasteiger partial charge >= 0.3 is 0 Å². The maximum atomic E-state index is 11.5. The number of nitriles is 1. The van der Waals surface area contributed by atoms with Crippen molar-refractivity contribution in [1.29, 1.82) is 5.26 Å². The molecule has 0 bridgehead atoms. The molecule has 0 aliphatic rings. The Labute approximate surface area is 108 Å². The lowest BCUT2D eigenvalue weighted by Crippen LogP contribution is -2.28. The van der Waals surface area contributed by atoms with E-state index in [1.54, 1.807) is 24.3 Å². The Bertz CT molecular complexity index is 465. The van der Waals surface area contributed by atoms with Crippen molar-refractivity contribution in [2.75, 3.05) is 18.4 Å². The van der Waals surface area contributed by atoms with Crippen LogP contribution in [0.15, 0.2) is 35.3 Å². The second-order valence-corrected chi connectivity index (χ2v) is 4.19. The van der Waals surface area contributed by atoms with Gasteiger partial charge in [0.2, 0.25) is 5.91 Å². The van der Waals surface area contributed by atoms with Crippen LogP contribution in [0.3, 0.4) is 0 Å². The molecule has 2 N–H and O–H groups in total. The molecular weight excluding hydrogens is 282 g/mol. The van der Waals surface area contributed by atoms with Gasteiger partial charge in [0.1, 0.15) is 6.07 Å². The number of amides is 1. The third-order valence-electron chi connectivity index (χ3n) is 1.95. The Morgan fingerprint density at radius 1 is 1.59 bits per heavy atom. The van der Waals surface area contributed by atoms with Crippen LogP contribution < -0.4 is 10.6 Å². The Balaban J connectivity index is 2.67. The van der Waals surface area contributed by atoms with Gasteiger partial charge in [0.15, 0.2) is 0 Å². The molecule has 1 aromatic carbocycles. The molecule has 5 heteroatoms. The fourth-order valence-corrected chi connectivity index (χ4v) is 1.56. The van der Waals surface area contributed by atoms with Gasteiger partial charge < -0.3 is 10.6 Å². The molecular formula is C12H12BrN3O. The highest BCUT2D eigenvalue weighted by Crippen LogP contribution is 2.20. The fourth-order valence-electron chi connectivity index (χ4n) is 1.20. The van der Waals surface area contributed by atoms with Crippen LogP contribution >= 0.6 is 15.9 Å². The predicted molar refractivity (Wildman–Crippen MR) is 70.6 cm³/mol. The molecule has 0 aliphatic heterocycles. The van der Waals surface area contributed by atoms with Crippen LogP contribution in [-0.2, 0) is 4.79 Å². The second-order valence-electron chi connectivity index (χ2n) is 3.27. The summed E-state index contributed by atoms with van der Waals surface area (Å²) in [7, 11) is 0. The third kappa shape index (κ3) is 4.39. The highest BCUT2D eigenvalue weighted by atomic mass is 79.9. The van der Waals surface area contributed by atoms with E-state index in [4.69, 9.17) is 5.26 Å². The highest BCUT2D eigenvalue weighted by Gasteiger charge is 2.06. The summed E-state index contributed by atoms with van der Waals surface area (Å²) >= 11 is 3.29. The van der Waals surface area contributed by atoms with Gasteiger partial charge in [0, 0.05) is 11.0 Å². The second kappa shape index (κ2) is 6.84. The standard InChI is InChI=1S/C12H12BrN3O/c1-2-5-15-8-12(17)16-11-6-10(13)4-3-9(11)7-14/h2-4,6,15H,1,5,8H2,(H,16,17). The zero-order valence-corrected chi connectivity index (χ0v) is 10.8. The number of nitrogens with one attached hydrogen (secondary N) is 2. The Morgan fingerprint density at radius 3 is 3.00 bits per heavy atom. The van der Waals surface area contributed by atoms with Crippen LogP contribution in [0.4, 0.5) is 5.69 Å². The lowest BCUT2D eigenvalue weighted by atomic mass is 10.2. The molecule has 88 valence electrons. The summed E-state index contributed by atoms with van der Waals surface area (Å²) in [6.07, 6.45) is 1.67. The molecule has 0 spiro atoms. The van der Waals surface area contributed by atoms with Crippen molar-refractivity contribution >= 4 is 27.5 Å². The number of hydrogen-bond donors (Lipinski definition) is 2. The summed E-state index contributed by atoms with van der Waals surface area (Å²) in [6, 6.07) is 7.13. The zero-order valence-electron chi connectivity index (χ0n) is 9.16. The van der Waals surface area contributed by atoms with Crippen LogP contribution in [0.25, 0.3) is 0 Å². The van der Waals surface area contributed by atoms with E-state index in [2.05, 4.69) is 33.1 Å². The number of nitrogens with zero attached hydrogens (tertiary/aromatic N) is 1. The molecule has 1 aromatic rings. The Morgan fingerprint density at radius 2 is 2.35 bits per heavy atom. The molecule has 1 rings (SSSR count). The largest absolute Gasteiger partial charge is 0.324 e. The van der Waals surface area contributed by atoms with E-state index < -0.39 is 0 Å². The highest BCUT2D eigenvalue weighted by molar-refractivity contribution is 9.10. The molecule has 0 aromatic heterocycles. The maximum Gasteiger partial charge on any atom is 0.238 e. The number of halogens is 1. The average molecular weight is 294 g/mol. The fraction of sp³-hybridized carbons (Fsp3) is 0.167. The summed E-state index contributed by atoms with van der Waals surface area (Å²) in [5, 5.41) is 14.4. The lowest BCUT2D eigenvalue weighted by molar-refractivity contribution is -0.115. The molecule has 0 saturated heterocycles. The zero-order chi connectivity index (χ0) is 12.7. The smallest absolute Gasteiger partial charge is 0.238 e. The molecule has 0 heterocycles. The molecule has 1 amide bonds. The number of anilines is 1. The van der Waals surface area contributed by atoms with Crippen LogP contribution in [0.1, 0.15) is 5.56 Å². The summed E-state index contributed by atoms with van der Waals surface area (Å²) < 4.78 is 0.811. The van der Waals surface area contributed by atoms with E-state index in [0.717, 1.165) is 4.47 Å². The molecule has 4 nitrogen and oxygen atoms in total. The molecule has 17 heavy (non-hydrogen) atoms. The van der Waals surface area contributed by atoms with Crippen molar-refractivity contribution in [1.82, 2.24) is 5.32 Å². The van der Waals surface area contributed by atoms with Crippen LogP contribution in [-0.4, -0.2) is 19.0 Å². The number of rotatable bonds is 5. The van der Waals surface area contributed by atoms with Crippen molar-refractivity contribution in [3.63, 3.8) is 0 Å². The minimum absolute atomic E-state index is 0.184. The van der Waals surface area contributed by atoms with Gasteiger partial charge in [-0.3, -0.25) is 4.79 Å². The molecule has 0 aliphatic carbocycles. The van der Waals surface area contributed by atoms with Gasteiger partial charge in [-0.2, -0.15) is 5.26 Å². The van der Waals surface area contributed by atoms with Gasteiger partial charge in [0.05, 0.1) is 17.8 Å². The maximum absolute atomic E-state index is 11.5. The quantitative estimate of drug-likeness (QED) is 0.645. The predicted octanol–water partition coefficient (Wildman–Crippen LogP) is 2.03. The van der Waals surface area contributed by atoms with Crippen molar-refractivity contribution in [3.05, 3.63) is 40.9 Å². The normalized spacial score (nSPS) is 9.41.